The fraction of sp³-hybridized carbons (Fsp3) is 0.588. The van der Waals surface area contributed by atoms with E-state index in [-0.39, 0.29) is 29.3 Å². The Balaban J connectivity index is 0.00000364. The third-order valence-electron chi connectivity index (χ3n) is 4.40. The molecule has 1 saturated heterocycles. The summed E-state index contributed by atoms with van der Waals surface area (Å²) in [5, 5.41) is 5.93. The lowest BCUT2D eigenvalue weighted by atomic mass is 10.1. The lowest BCUT2D eigenvalue weighted by Crippen LogP contribution is -2.40. The Kier molecular flexibility index (Phi) is 8.97. The van der Waals surface area contributed by atoms with Crippen LogP contribution in [-0.2, 0) is 14.8 Å². The first-order valence-corrected chi connectivity index (χ1v) is 10.1. The highest BCUT2D eigenvalue weighted by molar-refractivity contribution is 7.89. The molecule has 10 heteroatoms. The van der Waals surface area contributed by atoms with Crippen LogP contribution >= 0.6 is 12.4 Å². The molecule has 1 amide bonds. The maximum atomic E-state index is 12.8. The molecule has 0 bridgehead atoms. The topological polar surface area (TPSA) is 91.0 Å². The second-order valence-electron chi connectivity index (χ2n) is 6.47. The van der Waals surface area contributed by atoms with Crippen LogP contribution in [-0.4, -0.2) is 78.7 Å². The van der Waals surface area contributed by atoms with E-state index in [0.717, 1.165) is 9.99 Å². The minimum absolute atomic E-state index is 0. The van der Waals surface area contributed by atoms with Gasteiger partial charge in [-0.25, -0.2) is 12.7 Å². The number of nitrogens with one attached hydrogen (secondary N) is 2. The van der Waals surface area contributed by atoms with Crippen molar-refractivity contribution in [2.75, 3.05) is 58.9 Å². The summed E-state index contributed by atoms with van der Waals surface area (Å²) in [5.41, 5.74) is 1.08. The summed E-state index contributed by atoms with van der Waals surface area (Å²) >= 11 is 0. The van der Waals surface area contributed by atoms with Crippen molar-refractivity contribution in [2.45, 2.75) is 17.9 Å². The lowest BCUT2D eigenvalue weighted by molar-refractivity contribution is 0.0949. The van der Waals surface area contributed by atoms with Gasteiger partial charge in [0, 0.05) is 45.5 Å². The molecule has 8 nitrogen and oxygen atoms in total. The Morgan fingerprint density at radius 1 is 1.30 bits per heavy atom. The van der Waals surface area contributed by atoms with Crippen LogP contribution in [0.2, 0.25) is 0 Å². The molecule has 27 heavy (non-hydrogen) atoms. The number of rotatable bonds is 7. The average molecular weight is 421 g/mol. The Morgan fingerprint density at radius 3 is 2.48 bits per heavy atom. The Bertz CT molecular complexity index is 736. The molecule has 0 aromatic heterocycles. The highest BCUT2D eigenvalue weighted by Crippen LogP contribution is 2.26. The van der Waals surface area contributed by atoms with Crippen molar-refractivity contribution < 1.29 is 17.9 Å². The molecule has 2 N–H and O–H groups in total. The van der Waals surface area contributed by atoms with Crippen molar-refractivity contribution in [1.29, 1.82) is 0 Å². The van der Waals surface area contributed by atoms with Crippen LogP contribution < -0.4 is 15.5 Å². The zero-order valence-corrected chi connectivity index (χ0v) is 17.8. The average Bonchev–Trinajstić information content (AvgIpc) is 2.65. The van der Waals surface area contributed by atoms with E-state index >= 15 is 0 Å². The maximum Gasteiger partial charge on any atom is 0.253 e. The van der Waals surface area contributed by atoms with E-state index in [1.807, 2.05) is 18.9 Å². The second kappa shape index (κ2) is 10.2. The third kappa shape index (κ3) is 5.79. The van der Waals surface area contributed by atoms with E-state index in [4.69, 9.17) is 4.74 Å². The molecule has 154 valence electrons. The van der Waals surface area contributed by atoms with Gasteiger partial charge in [0.2, 0.25) is 10.0 Å². The molecule has 0 aliphatic carbocycles. The van der Waals surface area contributed by atoms with Gasteiger partial charge in [0.15, 0.2) is 0 Å². The van der Waals surface area contributed by atoms with Crippen molar-refractivity contribution >= 4 is 34.0 Å². The summed E-state index contributed by atoms with van der Waals surface area (Å²) in [6.07, 6.45) is 0. The van der Waals surface area contributed by atoms with Gasteiger partial charge in [0.1, 0.15) is 0 Å². The number of ether oxygens (including phenoxy) is 1. The van der Waals surface area contributed by atoms with Gasteiger partial charge >= 0.3 is 0 Å². The molecule has 0 spiro atoms. The highest BCUT2D eigenvalue weighted by atomic mass is 35.5. The predicted octanol–water partition coefficient (Wildman–Crippen LogP) is 0.533. The van der Waals surface area contributed by atoms with Crippen LogP contribution in [0.15, 0.2) is 23.1 Å². The Hall–Kier alpha value is -1.39. The number of carbonyl (C=O) groups is 1. The normalized spacial score (nSPS) is 16.0. The molecule has 1 aromatic carbocycles. The van der Waals surface area contributed by atoms with Gasteiger partial charge in [-0.1, -0.05) is 0 Å². The molecule has 1 aliphatic rings. The molecule has 0 saturated carbocycles. The van der Waals surface area contributed by atoms with Crippen LogP contribution in [0.5, 0.6) is 0 Å². The number of nitrogens with zero attached hydrogens (tertiary/aromatic N) is 2. The van der Waals surface area contributed by atoms with Crippen molar-refractivity contribution in [1.82, 2.24) is 14.9 Å². The van der Waals surface area contributed by atoms with E-state index in [1.54, 1.807) is 12.1 Å². The largest absolute Gasteiger partial charge is 0.378 e. The zero-order chi connectivity index (χ0) is 19.3. The first-order chi connectivity index (χ1) is 12.3. The quantitative estimate of drug-likeness (QED) is 0.668. The number of sulfonamides is 1. The first-order valence-electron chi connectivity index (χ1n) is 8.62. The number of morpholine rings is 1. The second-order valence-corrected chi connectivity index (χ2v) is 8.62. The van der Waals surface area contributed by atoms with Gasteiger partial charge in [-0.3, -0.25) is 4.79 Å². The van der Waals surface area contributed by atoms with Gasteiger partial charge in [0.25, 0.3) is 5.91 Å². The number of hydrogen-bond donors (Lipinski definition) is 2. The maximum absolute atomic E-state index is 12.8. The smallest absolute Gasteiger partial charge is 0.253 e. The molecule has 0 radical (unpaired) electrons. The first kappa shape index (κ1) is 23.6. The van der Waals surface area contributed by atoms with Crippen molar-refractivity contribution in [3.63, 3.8) is 0 Å². The monoisotopic (exact) mass is 420 g/mol. The third-order valence-corrected chi connectivity index (χ3v) is 6.22. The summed E-state index contributed by atoms with van der Waals surface area (Å²) in [4.78, 5) is 14.9. The number of hydrogen-bond acceptors (Lipinski definition) is 6. The van der Waals surface area contributed by atoms with E-state index in [1.165, 1.54) is 20.2 Å². The van der Waals surface area contributed by atoms with Gasteiger partial charge in [0.05, 0.1) is 23.7 Å². The molecule has 1 atom stereocenters. The number of carbonyl (C=O) groups excluding carboxylic acids is 1. The molecule has 1 heterocycles. The van der Waals surface area contributed by atoms with E-state index < -0.39 is 10.0 Å². The lowest BCUT2D eigenvalue weighted by Gasteiger charge is -2.30. The Labute approximate surface area is 167 Å². The number of benzene rings is 1. The van der Waals surface area contributed by atoms with Crippen LogP contribution in [0.4, 0.5) is 5.69 Å². The molecular weight excluding hydrogens is 392 g/mol. The van der Waals surface area contributed by atoms with Crippen LogP contribution in [0, 0.1) is 0 Å². The predicted molar refractivity (Wildman–Crippen MR) is 108 cm³/mol. The minimum Gasteiger partial charge on any atom is -0.378 e. The van der Waals surface area contributed by atoms with Crippen LogP contribution in [0.25, 0.3) is 0 Å². The summed E-state index contributed by atoms with van der Waals surface area (Å²) in [5.74, 6) is -0.288. The summed E-state index contributed by atoms with van der Waals surface area (Å²) < 4.78 is 31.4. The van der Waals surface area contributed by atoms with Crippen molar-refractivity contribution in [3.05, 3.63) is 23.8 Å². The van der Waals surface area contributed by atoms with E-state index in [2.05, 4.69) is 10.6 Å². The van der Waals surface area contributed by atoms with Gasteiger partial charge < -0.3 is 20.3 Å². The fourth-order valence-electron chi connectivity index (χ4n) is 2.59. The standard InChI is InChI=1S/C17H28N4O4S.ClH/c1-13(18-2)12-19-17(22)15-11-14(26(23,24)20(3)4)5-6-16(15)21-7-9-25-10-8-21;/h5-6,11,13,18H,7-10,12H2,1-4H3,(H,19,22);1H. The van der Waals surface area contributed by atoms with Gasteiger partial charge in [-0.05, 0) is 32.2 Å². The molecule has 1 unspecified atom stereocenters. The summed E-state index contributed by atoms with van der Waals surface area (Å²) in [6, 6.07) is 4.82. The molecule has 1 fully saturated rings. The molecular formula is C17H29ClN4O4S. The van der Waals surface area contributed by atoms with Gasteiger partial charge in [-0.15, -0.1) is 12.4 Å². The van der Waals surface area contributed by atoms with Crippen molar-refractivity contribution in [3.8, 4) is 0 Å². The number of amides is 1. The molecule has 2 rings (SSSR count). The molecule has 1 aromatic rings. The van der Waals surface area contributed by atoms with E-state index in [0.29, 0.717) is 38.4 Å². The fourth-order valence-corrected chi connectivity index (χ4v) is 3.52. The van der Waals surface area contributed by atoms with Crippen molar-refractivity contribution in [2.24, 2.45) is 0 Å². The minimum atomic E-state index is -3.62. The van der Waals surface area contributed by atoms with E-state index in [9.17, 15) is 13.2 Å². The van der Waals surface area contributed by atoms with Crippen LogP contribution in [0.1, 0.15) is 17.3 Å². The zero-order valence-electron chi connectivity index (χ0n) is 16.2. The molecule has 1 aliphatic heterocycles. The SMILES string of the molecule is CNC(C)CNC(=O)c1cc(S(=O)(=O)N(C)C)ccc1N1CCOCC1.Cl. The number of halogens is 1. The van der Waals surface area contributed by atoms with Gasteiger partial charge in [-0.2, -0.15) is 0 Å². The van der Waals surface area contributed by atoms with Crippen LogP contribution in [0.3, 0.4) is 0 Å². The Morgan fingerprint density at radius 2 is 1.93 bits per heavy atom. The highest BCUT2D eigenvalue weighted by Gasteiger charge is 2.24. The summed E-state index contributed by atoms with van der Waals surface area (Å²) in [6.45, 7) is 4.88. The number of anilines is 1. The number of likely N-dealkylation sites (N-methyl/N-ethyl adjacent to an activating group) is 1. The summed E-state index contributed by atoms with van der Waals surface area (Å²) in [7, 11) is 1.14.